The van der Waals surface area contributed by atoms with Crippen LogP contribution in [0.2, 0.25) is 0 Å². The zero-order chi connectivity index (χ0) is 10.7. The number of thioether (sulfide) groups is 1. The van der Waals surface area contributed by atoms with Crippen LogP contribution in [0.4, 0.5) is 0 Å². The van der Waals surface area contributed by atoms with Gasteiger partial charge in [-0.25, -0.2) is 0 Å². The second-order valence-corrected chi connectivity index (χ2v) is 5.39. The number of carbonyl (C=O) groups excluding carboxylic acids is 1. The fourth-order valence-electron chi connectivity index (χ4n) is 1.79. The van der Waals surface area contributed by atoms with E-state index < -0.39 is 6.04 Å². The number of rotatable bonds is 2. The minimum atomic E-state index is -0.399. The van der Waals surface area contributed by atoms with Crippen LogP contribution in [0.1, 0.15) is 20.8 Å². The molecule has 0 aromatic carbocycles. The molecule has 3 nitrogen and oxygen atoms in total. The first-order valence-corrected chi connectivity index (χ1v) is 6.31. The highest BCUT2D eigenvalue weighted by molar-refractivity contribution is 7.99. The summed E-state index contributed by atoms with van der Waals surface area (Å²) in [5.74, 6) is 3.33. The van der Waals surface area contributed by atoms with Crippen molar-refractivity contribution in [3.8, 4) is 0 Å². The quantitative estimate of drug-likeness (QED) is 0.719. The summed E-state index contributed by atoms with van der Waals surface area (Å²) in [6.45, 7) is 6.10. The Morgan fingerprint density at radius 3 is 2.36 bits per heavy atom. The lowest BCUT2D eigenvalue weighted by Gasteiger charge is -2.35. The number of nitrogens with two attached hydrogens (primary N) is 1. The van der Waals surface area contributed by atoms with E-state index in [2.05, 4.69) is 19.2 Å². The van der Waals surface area contributed by atoms with E-state index in [1.807, 2.05) is 11.8 Å². The van der Waals surface area contributed by atoms with Crippen molar-refractivity contribution in [3.05, 3.63) is 0 Å². The third-order valence-corrected chi connectivity index (χ3v) is 4.23. The lowest BCUT2D eigenvalue weighted by molar-refractivity contribution is -0.123. The van der Waals surface area contributed by atoms with Crippen LogP contribution in [0, 0.1) is 11.8 Å². The van der Waals surface area contributed by atoms with Crippen LogP contribution < -0.4 is 11.1 Å². The zero-order valence-electron chi connectivity index (χ0n) is 9.12. The van der Waals surface area contributed by atoms with Gasteiger partial charge < -0.3 is 11.1 Å². The normalized spacial score (nSPS) is 35.0. The number of carbonyl (C=O) groups is 1. The molecular formula is C10H20N2OS. The molecule has 0 aliphatic carbocycles. The van der Waals surface area contributed by atoms with Crippen LogP contribution in [0.15, 0.2) is 0 Å². The Morgan fingerprint density at radius 2 is 1.93 bits per heavy atom. The summed E-state index contributed by atoms with van der Waals surface area (Å²) < 4.78 is 0. The second kappa shape index (κ2) is 5.03. The van der Waals surface area contributed by atoms with Crippen LogP contribution in [0.5, 0.6) is 0 Å². The lowest BCUT2D eigenvalue weighted by atomic mass is 9.92. The molecular weight excluding hydrogens is 196 g/mol. The van der Waals surface area contributed by atoms with Crippen molar-refractivity contribution in [1.82, 2.24) is 5.32 Å². The Kier molecular flexibility index (Phi) is 4.26. The Balaban J connectivity index is 2.52. The van der Waals surface area contributed by atoms with Gasteiger partial charge in [-0.05, 0) is 30.3 Å². The summed E-state index contributed by atoms with van der Waals surface area (Å²) >= 11 is 1.97. The maximum atomic E-state index is 11.5. The molecule has 1 rings (SSSR count). The molecule has 0 saturated carbocycles. The van der Waals surface area contributed by atoms with E-state index in [0.29, 0.717) is 17.9 Å². The third kappa shape index (κ3) is 2.89. The van der Waals surface area contributed by atoms with Crippen LogP contribution in [-0.2, 0) is 4.79 Å². The maximum Gasteiger partial charge on any atom is 0.236 e. The molecule has 82 valence electrons. The molecule has 0 radical (unpaired) electrons. The van der Waals surface area contributed by atoms with Gasteiger partial charge in [0.25, 0.3) is 0 Å². The van der Waals surface area contributed by atoms with Crippen molar-refractivity contribution in [3.63, 3.8) is 0 Å². The van der Waals surface area contributed by atoms with Crippen LogP contribution in [0.3, 0.4) is 0 Å². The van der Waals surface area contributed by atoms with Crippen molar-refractivity contribution in [2.75, 3.05) is 11.5 Å². The van der Waals surface area contributed by atoms with Gasteiger partial charge in [-0.2, -0.15) is 11.8 Å². The lowest BCUT2D eigenvalue weighted by Crippen LogP contribution is -2.51. The fourth-order valence-corrected chi connectivity index (χ4v) is 3.08. The van der Waals surface area contributed by atoms with E-state index in [1.165, 1.54) is 0 Å². The van der Waals surface area contributed by atoms with Gasteiger partial charge in [-0.15, -0.1) is 0 Å². The first-order valence-electron chi connectivity index (χ1n) is 5.16. The van der Waals surface area contributed by atoms with Gasteiger partial charge in [-0.1, -0.05) is 13.8 Å². The predicted octanol–water partition coefficient (Wildman–Crippen LogP) is 0.837. The number of amides is 1. The summed E-state index contributed by atoms with van der Waals surface area (Å²) in [6.07, 6.45) is 0. The van der Waals surface area contributed by atoms with Crippen molar-refractivity contribution >= 4 is 17.7 Å². The van der Waals surface area contributed by atoms with E-state index in [9.17, 15) is 4.79 Å². The van der Waals surface area contributed by atoms with E-state index in [-0.39, 0.29) is 5.91 Å². The van der Waals surface area contributed by atoms with E-state index in [4.69, 9.17) is 5.73 Å². The molecule has 0 spiro atoms. The summed E-state index contributed by atoms with van der Waals surface area (Å²) in [5, 5.41) is 3.04. The molecule has 0 aromatic rings. The highest BCUT2D eigenvalue weighted by Crippen LogP contribution is 2.27. The number of hydrogen-bond acceptors (Lipinski definition) is 3. The Labute approximate surface area is 90.2 Å². The fraction of sp³-hybridized carbons (Fsp3) is 0.900. The second-order valence-electron chi connectivity index (χ2n) is 4.32. The van der Waals surface area contributed by atoms with E-state index >= 15 is 0 Å². The highest BCUT2D eigenvalue weighted by Gasteiger charge is 2.29. The van der Waals surface area contributed by atoms with Gasteiger partial charge in [0, 0.05) is 6.04 Å². The molecule has 1 saturated heterocycles. The Hall–Kier alpha value is -0.220. The summed E-state index contributed by atoms with van der Waals surface area (Å²) in [6, 6.07) is -0.0984. The predicted molar refractivity (Wildman–Crippen MR) is 61.2 cm³/mol. The van der Waals surface area contributed by atoms with Gasteiger partial charge in [0.05, 0.1) is 6.04 Å². The van der Waals surface area contributed by atoms with Gasteiger partial charge in [0.2, 0.25) is 5.91 Å². The average molecular weight is 216 g/mol. The third-order valence-electron chi connectivity index (χ3n) is 2.71. The monoisotopic (exact) mass is 216 g/mol. The van der Waals surface area contributed by atoms with Gasteiger partial charge >= 0.3 is 0 Å². The molecule has 1 amide bonds. The largest absolute Gasteiger partial charge is 0.351 e. The molecule has 1 aliphatic heterocycles. The topological polar surface area (TPSA) is 55.1 Å². The van der Waals surface area contributed by atoms with Crippen molar-refractivity contribution < 1.29 is 4.79 Å². The van der Waals surface area contributed by atoms with E-state index in [1.54, 1.807) is 6.92 Å². The van der Waals surface area contributed by atoms with Crippen LogP contribution >= 0.6 is 11.8 Å². The molecule has 1 heterocycles. The summed E-state index contributed by atoms with van der Waals surface area (Å²) in [5.41, 5.74) is 5.53. The molecule has 3 atom stereocenters. The molecule has 14 heavy (non-hydrogen) atoms. The first kappa shape index (κ1) is 11.9. The molecule has 2 unspecified atom stereocenters. The average Bonchev–Trinajstić information content (AvgIpc) is 2.11. The van der Waals surface area contributed by atoms with Crippen molar-refractivity contribution in [1.29, 1.82) is 0 Å². The van der Waals surface area contributed by atoms with Gasteiger partial charge in [0.1, 0.15) is 0 Å². The Bertz CT molecular complexity index is 198. The zero-order valence-corrected chi connectivity index (χ0v) is 9.93. The molecule has 1 aliphatic rings. The smallest absolute Gasteiger partial charge is 0.236 e. The van der Waals surface area contributed by atoms with Crippen molar-refractivity contribution in [2.45, 2.75) is 32.9 Å². The summed E-state index contributed by atoms with van der Waals surface area (Å²) in [4.78, 5) is 11.5. The van der Waals surface area contributed by atoms with Crippen LogP contribution in [0.25, 0.3) is 0 Å². The van der Waals surface area contributed by atoms with Crippen molar-refractivity contribution in [2.24, 2.45) is 17.6 Å². The maximum absolute atomic E-state index is 11.5. The molecule has 0 bridgehead atoms. The highest BCUT2D eigenvalue weighted by atomic mass is 32.2. The number of hydrogen-bond donors (Lipinski definition) is 2. The Morgan fingerprint density at radius 1 is 1.43 bits per heavy atom. The first-order chi connectivity index (χ1) is 6.52. The minimum absolute atomic E-state index is 0.0272. The molecule has 3 N–H and O–H groups in total. The standard InChI is InChI=1S/C10H20N2OS/c1-6-4-14-5-7(2)9(6)12-10(13)8(3)11/h6-9H,4-5,11H2,1-3H3,(H,12,13)/t6?,7?,8-,9?/m1/s1. The SMILES string of the molecule is CC1CSCC(C)C1NC(=O)[C@@H](C)N. The minimum Gasteiger partial charge on any atom is -0.351 e. The molecule has 1 fully saturated rings. The van der Waals surface area contributed by atoms with Crippen LogP contribution in [-0.4, -0.2) is 29.5 Å². The van der Waals surface area contributed by atoms with Gasteiger partial charge in [-0.3, -0.25) is 4.79 Å². The molecule has 4 heteroatoms. The molecule has 0 aromatic heterocycles. The number of nitrogens with one attached hydrogen (secondary N) is 1. The van der Waals surface area contributed by atoms with Gasteiger partial charge in [0.15, 0.2) is 0 Å². The van der Waals surface area contributed by atoms with E-state index in [0.717, 1.165) is 11.5 Å². The summed E-state index contributed by atoms with van der Waals surface area (Å²) in [7, 11) is 0.